The van der Waals surface area contributed by atoms with Crippen LogP contribution in [0.2, 0.25) is 10.0 Å². The Morgan fingerprint density at radius 1 is 1.25 bits per heavy atom. The van der Waals surface area contributed by atoms with Crippen molar-refractivity contribution in [2.45, 2.75) is 6.92 Å². The van der Waals surface area contributed by atoms with Crippen LogP contribution in [0.25, 0.3) is 5.82 Å². The Labute approximate surface area is 183 Å². The zero-order valence-corrected chi connectivity index (χ0v) is 17.4. The number of aryl methyl sites for hydroxylation is 1. The SMILES string of the molecule is [2H]C([2H])([2H])NC(=O)c1cc(Cl)cc(C)c1NC(=O)c1cc(Br)nn1-c1ncccc1Cl. The van der Waals surface area contributed by atoms with Gasteiger partial charge in [-0.05, 0) is 52.7 Å². The van der Waals surface area contributed by atoms with Gasteiger partial charge in [0.15, 0.2) is 5.82 Å². The molecule has 7 nitrogen and oxygen atoms in total. The standard InChI is InChI=1S/C18H14BrCl2N5O2/c1-9-6-10(20)7-11(17(27)22-2)15(9)24-18(28)13-8-14(19)25-26(13)16-12(21)4-3-5-23-16/h3-8H,1-2H3,(H,22,27)(H,24,28)/i2D3. The van der Waals surface area contributed by atoms with Crippen LogP contribution in [-0.2, 0) is 0 Å². The van der Waals surface area contributed by atoms with Crippen LogP contribution in [0.4, 0.5) is 5.69 Å². The molecule has 28 heavy (non-hydrogen) atoms. The van der Waals surface area contributed by atoms with Crippen LogP contribution in [0.5, 0.6) is 0 Å². The summed E-state index contributed by atoms with van der Waals surface area (Å²) < 4.78 is 23.4. The molecule has 2 aromatic heterocycles. The molecular formula is C18H14BrCl2N5O2. The largest absolute Gasteiger partial charge is 0.355 e. The molecule has 0 fully saturated rings. The van der Waals surface area contributed by atoms with Crippen molar-refractivity contribution >= 4 is 56.6 Å². The third kappa shape index (κ3) is 4.04. The fourth-order valence-corrected chi connectivity index (χ4v) is 3.39. The molecule has 2 N–H and O–H groups in total. The van der Waals surface area contributed by atoms with Crippen molar-refractivity contribution in [1.82, 2.24) is 20.1 Å². The molecule has 0 atom stereocenters. The lowest BCUT2D eigenvalue weighted by Gasteiger charge is -2.14. The van der Waals surface area contributed by atoms with Crippen molar-refractivity contribution in [3.05, 3.63) is 68.0 Å². The minimum atomic E-state index is -2.71. The molecule has 0 saturated carbocycles. The molecule has 0 bridgehead atoms. The second kappa shape index (κ2) is 8.30. The normalized spacial score (nSPS) is 12.6. The van der Waals surface area contributed by atoms with E-state index in [1.54, 1.807) is 19.1 Å². The van der Waals surface area contributed by atoms with Gasteiger partial charge in [-0.1, -0.05) is 23.2 Å². The van der Waals surface area contributed by atoms with Crippen LogP contribution in [0.15, 0.2) is 41.1 Å². The molecule has 144 valence electrons. The number of pyridine rings is 1. The maximum atomic E-state index is 13.1. The van der Waals surface area contributed by atoms with Crippen LogP contribution in [-0.4, -0.2) is 33.6 Å². The van der Waals surface area contributed by atoms with Gasteiger partial charge in [0.25, 0.3) is 11.8 Å². The summed E-state index contributed by atoms with van der Waals surface area (Å²) in [4.78, 5) is 29.7. The second-order valence-corrected chi connectivity index (χ2v) is 7.28. The Hall–Kier alpha value is -2.42. The summed E-state index contributed by atoms with van der Waals surface area (Å²) in [6.45, 7) is -1.09. The first-order valence-corrected chi connectivity index (χ1v) is 9.31. The van der Waals surface area contributed by atoms with Crippen molar-refractivity contribution in [3.63, 3.8) is 0 Å². The van der Waals surface area contributed by atoms with Gasteiger partial charge in [-0.25, -0.2) is 9.67 Å². The Kier molecular flexibility index (Phi) is 4.90. The van der Waals surface area contributed by atoms with E-state index < -0.39 is 18.8 Å². The average Bonchev–Trinajstić information content (AvgIpc) is 3.04. The number of carbonyl (C=O) groups excluding carboxylic acids is 2. The number of benzene rings is 1. The fraction of sp³-hybridized carbons (Fsp3) is 0.111. The molecule has 0 aliphatic carbocycles. The van der Waals surface area contributed by atoms with E-state index in [0.29, 0.717) is 10.2 Å². The van der Waals surface area contributed by atoms with Gasteiger partial charge < -0.3 is 10.6 Å². The predicted octanol–water partition coefficient (Wildman–Crippen LogP) is 4.26. The van der Waals surface area contributed by atoms with Crippen molar-refractivity contribution in [1.29, 1.82) is 0 Å². The van der Waals surface area contributed by atoms with Gasteiger partial charge >= 0.3 is 0 Å². The molecule has 0 radical (unpaired) electrons. The highest BCUT2D eigenvalue weighted by molar-refractivity contribution is 9.10. The number of carbonyl (C=O) groups is 2. The van der Waals surface area contributed by atoms with Gasteiger partial charge in [-0.3, -0.25) is 9.59 Å². The van der Waals surface area contributed by atoms with Crippen molar-refractivity contribution in [2.75, 3.05) is 12.3 Å². The van der Waals surface area contributed by atoms with E-state index >= 15 is 0 Å². The highest BCUT2D eigenvalue weighted by Gasteiger charge is 2.22. The van der Waals surface area contributed by atoms with E-state index in [0.717, 1.165) is 0 Å². The number of hydrogen-bond acceptors (Lipinski definition) is 4. The highest BCUT2D eigenvalue weighted by Crippen LogP contribution is 2.27. The zero-order chi connectivity index (χ0) is 22.9. The Morgan fingerprint density at radius 3 is 2.75 bits per heavy atom. The minimum Gasteiger partial charge on any atom is -0.355 e. The first-order chi connectivity index (χ1) is 14.5. The second-order valence-electron chi connectivity index (χ2n) is 5.63. The summed E-state index contributed by atoms with van der Waals surface area (Å²) in [6.07, 6.45) is 1.50. The predicted molar refractivity (Wildman–Crippen MR) is 112 cm³/mol. The molecule has 1 aromatic carbocycles. The van der Waals surface area contributed by atoms with E-state index in [1.807, 2.05) is 5.32 Å². The number of amides is 2. The van der Waals surface area contributed by atoms with Gasteiger partial charge in [0, 0.05) is 28.4 Å². The van der Waals surface area contributed by atoms with Crippen LogP contribution >= 0.6 is 39.1 Å². The van der Waals surface area contributed by atoms with E-state index in [1.165, 1.54) is 29.1 Å². The number of nitrogens with one attached hydrogen (secondary N) is 2. The van der Waals surface area contributed by atoms with Crippen LogP contribution in [0.3, 0.4) is 0 Å². The summed E-state index contributed by atoms with van der Waals surface area (Å²) in [7, 11) is 0. The molecule has 3 rings (SSSR count). The summed E-state index contributed by atoms with van der Waals surface area (Å²) in [5, 5.41) is 9.20. The van der Waals surface area contributed by atoms with E-state index in [2.05, 4.69) is 31.3 Å². The van der Waals surface area contributed by atoms with E-state index in [-0.39, 0.29) is 32.8 Å². The Morgan fingerprint density at radius 2 is 2.04 bits per heavy atom. The molecule has 0 saturated heterocycles. The van der Waals surface area contributed by atoms with Gasteiger partial charge in [0.2, 0.25) is 0 Å². The molecule has 0 aliphatic heterocycles. The maximum absolute atomic E-state index is 13.1. The van der Waals surface area contributed by atoms with Gasteiger partial charge in [-0.2, -0.15) is 5.10 Å². The number of hydrogen-bond donors (Lipinski definition) is 2. The minimum absolute atomic E-state index is 0.0732. The number of rotatable bonds is 4. The highest BCUT2D eigenvalue weighted by atomic mass is 79.9. The Bertz CT molecular complexity index is 1180. The lowest BCUT2D eigenvalue weighted by atomic mass is 10.1. The van der Waals surface area contributed by atoms with E-state index in [4.69, 9.17) is 27.3 Å². The molecule has 3 aromatic rings. The lowest BCUT2D eigenvalue weighted by Crippen LogP contribution is -2.23. The number of anilines is 1. The number of halogens is 3. The first kappa shape index (κ1) is 16.5. The van der Waals surface area contributed by atoms with Crippen LogP contribution in [0, 0.1) is 6.92 Å². The quantitative estimate of drug-likeness (QED) is 0.577. The monoisotopic (exact) mass is 484 g/mol. The van der Waals surface area contributed by atoms with E-state index in [9.17, 15) is 9.59 Å². The fourth-order valence-electron chi connectivity index (χ4n) is 2.54. The van der Waals surface area contributed by atoms with Crippen LogP contribution < -0.4 is 10.6 Å². The maximum Gasteiger partial charge on any atom is 0.274 e. The van der Waals surface area contributed by atoms with Crippen molar-refractivity contribution in [2.24, 2.45) is 0 Å². The van der Waals surface area contributed by atoms with Gasteiger partial charge in [0.05, 0.1) is 16.3 Å². The molecule has 0 spiro atoms. The summed E-state index contributed by atoms with van der Waals surface area (Å²) >= 11 is 15.5. The zero-order valence-electron chi connectivity index (χ0n) is 17.3. The number of nitrogens with zero attached hydrogens (tertiary/aromatic N) is 3. The third-order valence-electron chi connectivity index (χ3n) is 3.75. The summed E-state index contributed by atoms with van der Waals surface area (Å²) in [6, 6.07) is 7.49. The lowest BCUT2D eigenvalue weighted by molar-refractivity contribution is 0.0964. The Balaban J connectivity index is 2.02. The molecule has 2 heterocycles. The van der Waals surface area contributed by atoms with Crippen molar-refractivity contribution < 1.29 is 13.7 Å². The molecule has 0 unspecified atom stereocenters. The summed E-state index contributed by atoms with van der Waals surface area (Å²) in [5.74, 6) is -1.31. The number of aromatic nitrogens is 3. The third-order valence-corrected chi connectivity index (χ3v) is 4.65. The van der Waals surface area contributed by atoms with Crippen molar-refractivity contribution in [3.8, 4) is 5.82 Å². The molecular weight excluding hydrogens is 469 g/mol. The molecule has 2 amide bonds. The molecule has 0 aliphatic rings. The topological polar surface area (TPSA) is 88.9 Å². The average molecular weight is 486 g/mol. The van der Waals surface area contributed by atoms with Gasteiger partial charge in [-0.15, -0.1) is 0 Å². The van der Waals surface area contributed by atoms with Gasteiger partial charge in [0.1, 0.15) is 10.3 Å². The first-order valence-electron chi connectivity index (χ1n) is 9.27. The molecule has 10 heteroatoms. The van der Waals surface area contributed by atoms with Crippen LogP contribution in [0.1, 0.15) is 30.5 Å². The smallest absolute Gasteiger partial charge is 0.274 e. The summed E-state index contributed by atoms with van der Waals surface area (Å²) in [5.41, 5.74) is 0.532.